The number of aliphatic hydroxyl groups is 1. The van der Waals surface area contributed by atoms with Crippen LogP contribution < -0.4 is 5.32 Å². The minimum absolute atomic E-state index is 0.0119. The zero-order chi connectivity index (χ0) is 14.3. The van der Waals surface area contributed by atoms with E-state index in [0.717, 1.165) is 10.0 Å². The molecule has 6 heteroatoms. The molecule has 1 amide bonds. The van der Waals surface area contributed by atoms with Gasteiger partial charge in [-0.25, -0.2) is 4.79 Å². The van der Waals surface area contributed by atoms with Crippen molar-refractivity contribution in [2.24, 2.45) is 0 Å². The molecule has 3 N–H and O–H groups in total. The van der Waals surface area contributed by atoms with Crippen molar-refractivity contribution >= 4 is 27.8 Å². The topological polar surface area (TPSA) is 86.6 Å². The van der Waals surface area contributed by atoms with E-state index >= 15 is 0 Å². The number of hydrogen-bond donors (Lipinski definition) is 3. The number of nitrogens with one attached hydrogen (secondary N) is 1. The molecule has 0 aromatic heterocycles. The number of amides is 1. The summed E-state index contributed by atoms with van der Waals surface area (Å²) in [4.78, 5) is 21.9. The number of carboxylic acid groups (broad SMARTS) is 1. The standard InChI is InChI=1S/C13H16BrNO4/c14-10-3-1-2-9(8-10)4-5-12(17)15-7-6-11(16)13(18)19/h1-3,8,11,16H,4-7H2,(H,15,17)(H,18,19). The van der Waals surface area contributed by atoms with Gasteiger partial charge >= 0.3 is 5.97 Å². The minimum atomic E-state index is -1.43. The van der Waals surface area contributed by atoms with Crippen LogP contribution >= 0.6 is 15.9 Å². The Hall–Kier alpha value is -1.40. The third kappa shape index (κ3) is 6.35. The van der Waals surface area contributed by atoms with Crippen LogP contribution in [0.3, 0.4) is 0 Å². The first-order chi connectivity index (χ1) is 8.99. The van der Waals surface area contributed by atoms with Crippen molar-refractivity contribution in [2.45, 2.75) is 25.4 Å². The Labute approximate surface area is 119 Å². The van der Waals surface area contributed by atoms with Crippen LogP contribution in [0.2, 0.25) is 0 Å². The quantitative estimate of drug-likeness (QED) is 0.704. The highest BCUT2D eigenvalue weighted by Gasteiger charge is 2.12. The lowest BCUT2D eigenvalue weighted by atomic mass is 10.1. The second-order valence-corrected chi connectivity index (χ2v) is 5.04. The van der Waals surface area contributed by atoms with Gasteiger partial charge in [-0.15, -0.1) is 0 Å². The molecule has 0 aliphatic rings. The molecule has 0 saturated heterocycles. The lowest BCUT2D eigenvalue weighted by Crippen LogP contribution is -2.30. The van der Waals surface area contributed by atoms with E-state index in [-0.39, 0.29) is 18.9 Å². The number of benzene rings is 1. The second-order valence-electron chi connectivity index (χ2n) is 4.12. The number of hydrogen-bond acceptors (Lipinski definition) is 3. The fourth-order valence-electron chi connectivity index (χ4n) is 1.51. The summed E-state index contributed by atoms with van der Waals surface area (Å²) in [5.74, 6) is -1.43. The SMILES string of the molecule is O=C(CCc1cccc(Br)c1)NCCC(O)C(=O)O. The van der Waals surface area contributed by atoms with Gasteiger partial charge < -0.3 is 15.5 Å². The van der Waals surface area contributed by atoms with Gasteiger partial charge in [0.15, 0.2) is 6.10 Å². The molecule has 1 atom stereocenters. The van der Waals surface area contributed by atoms with Crippen molar-refractivity contribution in [3.8, 4) is 0 Å². The van der Waals surface area contributed by atoms with Crippen molar-refractivity contribution in [2.75, 3.05) is 6.54 Å². The maximum atomic E-state index is 11.5. The van der Waals surface area contributed by atoms with Crippen molar-refractivity contribution in [3.05, 3.63) is 34.3 Å². The lowest BCUT2D eigenvalue weighted by Gasteiger charge is -2.07. The average molecular weight is 330 g/mol. The number of carbonyl (C=O) groups is 2. The van der Waals surface area contributed by atoms with Crippen molar-refractivity contribution < 1.29 is 19.8 Å². The Morgan fingerprint density at radius 1 is 1.37 bits per heavy atom. The van der Waals surface area contributed by atoms with E-state index in [0.29, 0.717) is 12.8 Å². The number of carboxylic acids is 1. The Morgan fingerprint density at radius 2 is 2.11 bits per heavy atom. The monoisotopic (exact) mass is 329 g/mol. The van der Waals surface area contributed by atoms with Crippen LogP contribution in [0.4, 0.5) is 0 Å². The predicted octanol–water partition coefficient (Wildman–Crippen LogP) is 1.33. The number of aryl methyl sites for hydroxylation is 1. The summed E-state index contributed by atoms with van der Waals surface area (Å²) < 4.78 is 0.968. The summed E-state index contributed by atoms with van der Waals surface area (Å²) in [6.45, 7) is 0.158. The fraction of sp³-hybridized carbons (Fsp3) is 0.385. The molecule has 0 heterocycles. The van der Waals surface area contributed by atoms with Crippen LogP contribution in [0, 0.1) is 0 Å². The molecular formula is C13H16BrNO4. The zero-order valence-electron chi connectivity index (χ0n) is 10.3. The van der Waals surface area contributed by atoms with E-state index < -0.39 is 12.1 Å². The molecular weight excluding hydrogens is 314 g/mol. The minimum Gasteiger partial charge on any atom is -0.479 e. The molecule has 1 unspecified atom stereocenters. The molecule has 5 nitrogen and oxygen atoms in total. The average Bonchev–Trinajstić information content (AvgIpc) is 2.36. The molecule has 104 valence electrons. The first kappa shape index (κ1) is 15.7. The van der Waals surface area contributed by atoms with Crippen molar-refractivity contribution in [1.29, 1.82) is 0 Å². The predicted molar refractivity (Wildman–Crippen MR) is 73.7 cm³/mol. The largest absolute Gasteiger partial charge is 0.479 e. The van der Waals surface area contributed by atoms with E-state index in [9.17, 15) is 9.59 Å². The van der Waals surface area contributed by atoms with Crippen LogP contribution in [0.15, 0.2) is 28.7 Å². The Kier molecular flexibility index (Phi) is 6.52. The van der Waals surface area contributed by atoms with Crippen LogP contribution in [-0.2, 0) is 16.0 Å². The molecule has 1 aromatic rings. The molecule has 0 bridgehead atoms. The normalized spacial score (nSPS) is 11.9. The molecule has 0 fully saturated rings. The van der Waals surface area contributed by atoms with E-state index in [1.54, 1.807) is 0 Å². The maximum Gasteiger partial charge on any atom is 0.332 e. The number of aliphatic hydroxyl groups excluding tert-OH is 1. The Morgan fingerprint density at radius 3 is 2.74 bits per heavy atom. The second kappa shape index (κ2) is 7.91. The number of carbonyl (C=O) groups excluding carboxylic acids is 1. The van der Waals surface area contributed by atoms with Gasteiger partial charge in [-0.05, 0) is 24.1 Å². The summed E-state index contributed by atoms with van der Waals surface area (Å²) >= 11 is 3.36. The third-order valence-electron chi connectivity index (χ3n) is 2.55. The van der Waals surface area contributed by atoms with E-state index in [4.69, 9.17) is 10.2 Å². The molecule has 1 rings (SSSR count). The lowest BCUT2D eigenvalue weighted by molar-refractivity contribution is -0.147. The summed E-state index contributed by atoms with van der Waals surface area (Å²) in [5, 5.41) is 20.1. The van der Waals surface area contributed by atoms with Gasteiger partial charge in [-0.1, -0.05) is 28.1 Å². The van der Waals surface area contributed by atoms with Crippen molar-refractivity contribution in [1.82, 2.24) is 5.32 Å². The number of rotatable bonds is 7. The first-order valence-corrected chi connectivity index (χ1v) is 6.70. The molecule has 1 aromatic carbocycles. The van der Waals surface area contributed by atoms with Crippen LogP contribution in [0.25, 0.3) is 0 Å². The third-order valence-corrected chi connectivity index (χ3v) is 3.05. The fourth-order valence-corrected chi connectivity index (χ4v) is 1.96. The highest BCUT2D eigenvalue weighted by molar-refractivity contribution is 9.10. The van der Waals surface area contributed by atoms with Gasteiger partial charge in [0.05, 0.1) is 0 Å². The van der Waals surface area contributed by atoms with Gasteiger partial charge in [0.2, 0.25) is 5.91 Å². The molecule has 0 radical (unpaired) electrons. The van der Waals surface area contributed by atoms with Crippen LogP contribution in [-0.4, -0.2) is 34.7 Å². The van der Waals surface area contributed by atoms with Gasteiger partial charge in [-0.2, -0.15) is 0 Å². The van der Waals surface area contributed by atoms with Crippen LogP contribution in [0.1, 0.15) is 18.4 Å². The highest BCUT2D eigenvalue weighted by atomic mass is 79.9. The molecule has 0 aliphatic carbocycles. The van der Waals surface area contributed by atoms with E-state index in [1.807, 2.05) is 24.3 Å². The Bertz CT molecular complexity index is 450. The van der Waals surface area contributed by atoms with Gasteiger partial charge in [0, 0.05) is 23.9 Å². The summed E-state index contributed by atoms with van der Waals surface area (Å²) in [6.07, 6.45) is -0.463. The maximum absolute atomic E-state index is 11.5. The summed E-state index contributed by atoms with van der Waals surface area (Å²) in [6, 6.07) is 7.70. The smallest absolute Gasteiger partial charge is 0.332 e. The van der Waals surface area contributed by atoms with Gasteiger partial charge in [0.25, 0.3) is 0 Å². The van der Waals surface area contributed by atoms with Crippen molar-refractivity contribution in [3.63, 3.8) is 0 Å². The van der Waals surface area contributed by atoms with Gasteiger partial charge in [-0.3, -0.25) is 4.79 Å². The van der Waals surface area contributed by atoms with E-state index in [2.05, 4.69) is 21.2 Å². The first-order valence-electron chi connectivity index (χ1n) is 5.91. The zero-order valence-corrected chi connectivity index (χ0v) is 11.9. The van der Waals surface area contributed by atoms with Crippen LogP contribution in [0.5, 0.6) is 0 Å². The summed E-state index contributed by atoms with van der Waals surface area (Å²) in [5.41, 5.74) is 1.05. The van der Waals surface area contributed by atoms with E-state index in [1.165, 1.54) is 0 Å². The highest BCUT2D eigenvalue weighted by Crippen LogP contribution is 2.12. The number of aliphatic carboxylic acids is 1. The molecule has 19 heavy (non-hydrogen) atoms. The molecule has 0 saturated carbocycles. The Balaban J connectivity index is 2.23. The molecule has 0 aliphatic heterocycles. The van der Waals surface area contributed by atoms with Gasteiger partial charge in [0.1, 0.15) is 0 Å². The summed E-state index contributed by atoms with van der Waals surface area (Å²) in [7, 11) is 0. The number of halogens is 1. The molecule has 0 spiro atoms.